The van der Waals surface area contributed by atoms with E-state index < -0.39 is 0 Å². The highest BCUT2D eigenvalue weighted by Crippen LogP contribution is 2.50. The molecule has 4 nitrogen and oxygen atoms in total. The highest BCUT2D eigenvalue weighted by atomic mass is 16.2. The normalized spacial score (nSPS) is 22.6. The third kappa shape index (κ3) is 2.35. The van der Waals surface area contributed by atoms with E-state index in [1.807, 2.05) is 6.07 Å². The molecule has 2 amide bonds. The Morgan fingerprint density at radius 3 is 2.89 bits per heavy atom. The minimum Gasteiger partial charge on any atom is -0.352 e. The molecule has 1 aromatic rings. The summed E-state index contributed by atoms with van der Waals surface area (Å²) in [4.78, 5) is 23.3. The Bertz CT molecular complexity index is 563. The van der Waals surface area contributed by atoms with Gasteiger partial charge in [-0.25, -0.2) is 0 Å². The van der Waals surface area contributed by atoms with Crippen LogP contribution in [0.25, 0.3) is 0 Å². The van der Waals surface area contributed by atoms with E-state index in [1.54, 1.807) is 12.1 Å². The smallest absolute Gasteiger partial charge is 0.251 e. The molecule has 100 valence electrons. The maximum absolute atomic E-state index is 12.0. The summed E-state index contributed by atoms with van der Waals surface area (Å²) in [6, 6.07) is 5.39. The highest BCUT2D eigenvalue weighted by Gasteiger charge is 2.45. The third-order valence-corrected chi connectivity index (χ3v) is 4.22. The monoisotopic (exact) mass is 258 g/mol. The largest absolute Gasteiger partial charge is 0.352 e. The first kappa shape index (κ1) is 12.2. The zero-order chi connectivity index (χ0) is 13.6. The number of carbonyl (C=O) groups excluding carboxylic acids is 2. The topological polar surface area (TPSA) is 58.2 Å². The predicted octanol–water partition coefficient (Wildman–Crippen LogP) is 1.96. The van der Waals surface area contributed by atoms with Gasteiger partial charge < -0.3 is 10.6 Å². The minimum absolute atomic E-state index is 0.00714. The van der Waals surface area contributed by atoms with Crippen molar-refractivity contribution in [3.8, 4) is 0 Å². The molecule has 1 aromatic carbocycles. The van der Waals surface area contributed by atoms with Gasteiger partial charge in [-0.1, -0.05) is 19.9 Å². The lowest BCUT2D eigenvalue weighted by Crippen LogP contribution is -2.26. The maximum Gasteiger partial charge on any atom is 0.251 e. The lowest BCUT2D eigenvalue weighted by atomic mass is 10.1. The number of carbonyl (C=O) groups is 2. The molecule has 1 fully saturated rings. The van der Waals surface area contributed by atoms with E-state index in [2.05, 4.69) is 24.5 Å². The van der Waals surface area contributed by atoms with Crippen LogP contribution in [-0.4, -0.2) is 18.4 Å². The highest BCUT2D eigenvalue weighted by molar-refractivity contribution is 6.02. The number of fused-ring (bicyclic) bond motifs is 1. The summed E-state index contributed by atoms with van der Waals surface area (Å²) >= 11 is 0. The van der Waals surface area contributed by atoms with Crippen LogP contribution in [0.3, 0.4) is 0 Å². The summed E-state index contributed by atoms with van der Waals surface area (Å²) in [5, 5.41) is 5.73. The summed E-state index contributed by atoms with van der Waals surface area (Å²) in [5.74, 6) is 0.518. The molecule has 1 unspecified atom stereocenters. The molecule has 19 heavy (non-hydrogen) atoms. The number of hydrogen-bond acceptors (Lipinski definition) is 2. The fourth-order valence-electron chi connectivity index (χ4n) is 2.60. The Balaban J connectivity index is 1.64. The molecule has 1 atom stereocenters. The van der Waals surface area contributed by atoms with Crippen molar-refractivity contribution in [2.24, 2.45) is 11.3 Å². The number of benzene rings is 1. The van der Waals surface area contributed by atoms with Gasteiger partial charge in [0.15, 0.2) is 0 Å². The molecule has 2 N–H and O–H groups in total. The van der Waals surface area contributed by atoms with Crippen molar-refractivity contribution in [2.45, 2.75) is 26.7 Å². The van der Waals surface area contributed by atoms with Crippen molar-refractivity contribution in [1.29, 1.82) is 0 Å². The Labute approximate surface area is 112 Å². The summed E-state index contributed by atoms with van der Waals surface area (Å²) in [6.07, 6.45) is 1.58. The Hall–Kier alpha value is -1.84. The van der Waals surface area contributed by atoms with Gasteiger partial charge in [0.2, 0.25) is 5.91 Å². The van der Waals surface area contributed by atoms with Crippen molar-refractivity contribution in [3.05, 3.63) is 29.3 Å². The fraction of sp³-hybridized carbons (Fsp3) is 0.467. The van der Waals surface area contributed by atoms with E-state index in [1.165, 1.54) is 6.42 Å². The number of nitrogens with one attached hydrogen (secondary N) is 2. The predicted molar refractivity (Wildman–Crippen MR) is 73.0 cm³/mol. The first-order chi connectivity index (χ1) is 8.95. The fourth-order valence-corrected chi connectivity index (χ4v) is 2.60. The average molecular weight is 258 g/mol. The molecule has 0 saturated heterocycles. The second-order valence-corrected chi connectivity index (χ2v) is 6.20. The van der Waals surface area contributed by atoms with Gasteiger partial charge in [0.1, 0.15) is 0 Å². The van der Waals surface area contributed by atoms with E-state index in [4.69, 9.17) is 0 Å². The summed E-state index contributed by atoms with van der Waals surface area (Å²) in [6.45, 7) is 5.17. The molecule has 0 aromatic heterocycles. The zero-order valence-electron chi connectivity index (χ0n) is 11.2. The molecule has 1 saturated carbocycles. The minimum atomic E-state index is -0.0633. The third-order valence-electron chi connectivity index (χ3n) is 4.22. The SMILES string of the molecule is CC1(C)CC1CNC(=O)c1ccc2c(c1)NC(=O)C2. The van der Waals surface area contributed by atoms with Crippen LogP contribution in [0.2, 0.25) is 0 Å². The standard InChI is InChI=1S/C15H18N2O2/c1-15(2)7-11(15)8-16-14(19)10-4-3-9-6-13(18)17-12(9)5-10/h3-5,11H,6-8H2,1-2H3,(H,16,19)(H,17,18). The lowest BCUT2D eigenvalue weighted by molar-refractivity contribution is -0.115. The molecule has 0 spiro atoms. The van der Waals surface area contributed by atoms with E-state index in [9.17, 15) is 9.59 Å². The Morgan fingerprint density at radius 1 is 1.47 bits per heavy atom. The first-order valence-corrected chi connectivity index (χ1v) is 6.67. The van der Waals surface area contributed by atoms with Gasteiger partial charge in [-0.2, -0.15) is 0 Å². The van der Waals surface area contributed by atoms with Gasteiger partial charge >= 0.3 is 0 Å². The molecule has 0 bridgehead atoms. The molecular formula is C15H18N2O2. The van der Waals surface area contributed by atoms with E-state index in [0.29, 0.717) is 23.3 Å². The van der Waals surface area contributed by atoms with Gasteiger partial charge in [-0.05, 0) is 35.4 Å². The number of rotatable bonds is 3. The van der Waals surface area contributed by atoms with E-state index in [0.717, 1.165) is 17.8 Å². The van der Waals surface area contributed by atoms with Crippen LogP contribution in [0, 0.1) is 11.3 Å². The molecular weight excluding hydrogens is 240 g/mol. The van der Waals surface area contributed by atoms with E-state index in [-0.39, 0.29) is 11.8 Å². The molecule has 0 radical (unpaired) electrons. The van der Waals surface area contributed by atoms with Gasteiger partial charge in [0.25, 0.3) is 5.91 Å². The van der Waals surface area contributed by atoms with Crippen molar-refractivity contribution in [1.82, 2.24) is 5.32 Å². The van der Waals surface area contributed by atoms with E-state index >= 15 is 0 Å². The van der Waals surface area contributed by atoms with Crippen LogP contribution in [0.4, 0.5) is 5.69 Å². The van der Waals surface area contributed by atoms with Gasteiger partial charge in [0, 0.05) is 17.8 Å². The van der Waals surface area contributed by atoms with Crippen LogP contribution in [-0.2, 0) is 11.2 Å². The summed E-state index contributed by atoms with van der Waals surface area (Å²) in [5.41, 5.74) is 2.72. The lowest BCUT2D eigenvalue weighted by Gasteiger charge is -2.08. The van der Waals surface area contributed by atoms with Crippen LogP contribution in [0.15, 0.2) is 18.2 Å². The zero-order valence-corrected chi connectivity index (χ0v) is 11.2. The molecule has 1 aliphatic carbocycles. The van der Waals surface area contributed by atoms with Crippen LogP contribution < -0.4 is 10.6 Å². The summed E-state index contributed by atoms with van der Waals surface area (Å²) < 4.78 is 0. The maximum atomic E-state index is 12.0. The van der Waals surface area contributed by atoms with Gasteiger partial charge in [0.05, 0.1) is 6.42 Å². The second kappa shape index (κ2) is 4.08. The van der Waals surface area contributed by atoms with Gasteiger partial charge in [-0.3, -0.25) is 9.59 Å². The first-order valence-electron chi connectivity index (χ1n) is 6.67. The van der Waals surface area contributed by atoms with Crippen LogP contribution in [0.5, 0.6) is 0 Å². The molecule has 2 aliphatic rings. The van der Waals surface area contributed by atoms with Gasteiger partial charge in [-0.15, -0.1) is 0 Å². The molecule has 1 aliphatic heterocycles. The van der Waals surface area contributed by atoms with Crippen LogP contribution >= 0.6 is 0 Å². The van der Waals surface area contributed by atoms with Crippen molar-refractivity contribution in [3.63, 3.8) is 0 Å². The molecule has 4 heteroatoms. The van der Waals surface area contributed by atoms with Crippen molar-refractivity contribution in [2.75, 3.05) is 11.9 Å². The Morgan fingerprint density at radius 2 is 2.21 bits per heavy atom. The number of amides is 2. The summed E-state index contributed by atoms with van der Waals surface area (Å²) in [7, 11) is 0. The number of anilines is 1. The second-order valence-electron chi connectivity index (χ2n) is 6.20. The van der Waals surface area contributed by atoms with Crippen molar-refractivity contribution >= 4 is 17.5 Å². The Kier molecular flexibility index (Phi) is 2.62. The average Bonchev–Trinajstić information content (AvgIpc) is 2.79. The van der Waals surface area contributed by atoms with Crippen LogP contribution in [0.1, 0.15) is 36.2 Å². The quantitative estimate of drug-likeness (QED) is 0.870. The number of hydrogen-bond donors (Lipinski definition) is 2. The molecule has 3 rings (SSSR count). The molecule has 1 heterocycles. The van der Waals surface area contributed by atoms with Crippen molar-refractivity contribution < 1.29 is 9.59 Å².